The zero-order valence-corrected chi connectivity index (χ0v) is 21.4. The third-order valence-corrected chi connectivity index (χ3v) is 7.77. The van der Waals surface area contributed by atoms with E-state index in [2.05, 4.69) is 10.0 Å². The molecule has 0 aliphatic carbocycles. The summed E-state index contributed by atoms with van der Waals surface area (Å²) >= 11 is 0. The smallest absolute Gasteiger partial charge is 0.261 e. The minimum atomic E-state index is -3.83. The van der Waals surface area contributed by atoms with Gasteiger partial charge in [-0.15, -0.1) is 0 Å². The number of sulfonamides is 2. The highest BCUT2D eigenvalue weighted by molar-refractivity contribution is 7.92. The zero-order chi connectivity index (χ0) is 25.8. The Morgan fingerprint density at radius 3 is 2.14 bits per heavy atom. The number of aryl methyl sites for hydroxylation is 2. The van der Waals surface area contributed by atoms with Crippen LogP contribution in [0.3, 0.4) is 0 Å². The summed E-state index contributed by atoms with van der Waals surface area (Å²) in [4.78, 5) is 12.6. The van der Waals surface area contributed by atoms with Gasteiger partial charge in [-0.05, 0) is 73.5 Å². The third kappa shape index (κ3) is 6.74. The molecule has 0 spiro atoms. The van der Waals surface area contributed by atoms with Crippen molar-refractivity contribution in [2.45, 2.75) is 18.7 Å². The lowest BCUT2D eigenvalue weighted by molar-refractivity contribution is -0.114. The van der Waals surface area contributed by atoms with E-state index in [0.717, 1.165) is 21.7 Å². The molecule has 0 saturated carbocycles. The molecule has 0 bridgehead atoms. The molecule has 0 aromatic heterocycles. The summed E-state index contributed by atoms with van der Waals surface area (Å²) in [5.74, 6) is -0.148. The van der Waals surface area contributed by atoms with Crippen molar-refractivity contribution in [2.24, 2.45) is 0 Å². The van der Waals surface area contributed by atoms with Crippen molar-refractivity contribution in [3.63, 3.8) is 0 Å². The van der Waals surface area contributed by atoms with Gasteiger partial charge in [-0.25, -0.2) is 16.8 Å². The summed E-state index contributed by atoms with van der Waals surface area (Å²) in [5, 5.41) is 2.59. The molecule has 0 aliphatic heterocycles. The average Bonchev–Trinajstić information content (AvgIpc) is 2.79. The van der Waals surface area contributed by atoms with E-state index >= 15 is 0 Å². The number of benzene rings is 3. The first-order valence-electron chi connectivity index (χ1n) is 10.5. The Kier molecular flexibility index (Phi) is 7.71. The lowest BCUT2D eigenvalue weighted by Crippen LogP contribution is -2.37. The summed E-state index contributed by atoms with van der Waals surface area (Å²) in [7, 11) is -6.14. The molecule has 3 aromatic carbocycles. The van der Waals surface area contributed by atoms with Crippen LogP contribution in [0.1, 0.15) is 11.1 Å². The Balaban J connectivity index is 1.72. The van der Waals surface area contributed by atoms with Gasteiger partial charge in [0.25, 0.3) is 10.0 Å². The number of rotatable bonds is 9. The molecule has 1 amide bonds. The molecule has 0 heterocycles. The number of nitrogens with zero attached hydrogens (tertiary/aromatic N) is 1. The molecule has 0 fully saturated rings. The number of hydrogen-bond acceptors (Lipinski definition) is 6. The molecule has 9 nitrogen and oxygen atoms in total. The minimum absolute atomic E-state index is 0.0165. The first kappa shape index (κ1) is 26.0. The Labute approximate surface area is 205 Å². The lowest BCUT2D eigenvalue weighted by Gasteiger charge is -2.22. The quantitative estimate of drug-likeness (QED) is 0.448. The number of ether oxygens (including phenoxy) is 1. The fraction of sp³-hybridized carbons (Fsp3) is 0.208. The van der Waals surface area contributed by atoms with Gasteiger partial charge in [0.15, 0.2) is 0 Å². The molecule has 0 aliphatic rings. The molecule has 3 rings (SSSR count). The number of carbonyl (C=O) groups excluding carboxylic acids is 1. The molecule has 0 saturated heterocycles. The Hall–Kier alpha value is -3.57. The molecule has 35 heavy (non-hydrogen) atoms. The summed E-state index contributed by atoms with van der Waals surface area (Å²) < 4.78 is 58.6. The predicted octanol–water partition coefficient (Wildman–Crippen LogP) is 3.52. The second kappa shape index (κ2) is 10.4. The predicted molar refractivity (Wildman–Crippen MR) is 137 cm³/mol. The van der Waals surface area contributed by atoms with E-state index in [4.69, 9.17) is 4.74 Å². The number of hydrogen-bond donors (Lipinski definition) is 2. The molecule has 0 unspecified atom stereocenters. The molecule has 3 aromatic rings. The number of nitrogens with one attached hydrogen (secondary N) is 2. The van der Waals surface area contributed by atoms with Gasteiger partial charge in [-0.2, -0.15) is 0 Å². The molecular formula is C24H27N3O6S2. The van der Waals surface area contributed by atoms with Crippen LogP contribution in [0.15, 0.2) is 71.6 Å². The molecule has 11 heteroatoms. The molecule has 0 radical (unpaired) electrons. The molecule has 186 valence electrons. The second-order valence-corrected chi connectivity index (χ2v) is 11.5. The van der Waals surface area contributed by atoms with Crippen molar-refractivity contribution < 1.29 is 26.4 Å². The van der Waals surface area contributed by atoms with Crippen LogP contribution in [0.25, 0.3) is 0 Å². The summed E-state index contributed by atoms with van der Waals surface area (Å²) in [5.41, 5.74) is 3.05. The van der Waals surface area contributed by atoms with Gasteiger partial charge in [0.1, 0.15) is 12.3 Å². The molecular weight excluding hydrogens is 490 g/mol. The lowest BCUT2D eigenvalue weighted by atomic mass is 10.1. The van der Waals surface area contributed by atoms with E-state index in [1.165, 1.54) is 37.4 Å². The topological polar surface area (TPSA) is 122 Å². The highest BCUT2D eigenvalue weighted by Gasteiger charge is 2.22. The summed E-state index contributed by atoms with van der Waals surface area (Å²) in [6, 6.07) is 17.2. The summed E-state index contributed by atoms with van der Waals surface area (Å²) in [6.07, 6.45) is 1.00. The SMILES string of the molecule is COc1cccc(N(CC(=O)Nc2ccc(S(=O)(=O)Nc3ccc(C)c(C)c3)cc2)S(C)(=O)=O)c1. The van der Waals surface area contributed by atoms with Crippen LogP contribution >= 0.6 is 0 Å². The van der Waals surface area contributed by atoms with Crippen molar-refractivity contribution in [1.29, 1.82) is 0 Å². The van der Waals surface area contributed by atoms with Crippen molar-refractivity contribution >= 4 is 43.0 Å². The number of carbonyl (C=O) groups is 1. The van der Waals surface area contributed by atoms with Crippen LogP contribution in [0.5, 0.6) is 5.75 Å². The van der Waals surface area contributed by atoms with Crippen molar-refractivity contribution in [2.75, 3.05) is 34.3 Å². The fourth-order valence-corrected chi connectivity index (χ4v) is 5.13. The highest BCUT2D eigenvalue weighted by Crippen LogP contribution is 2.24. The van der Waals surface area contributed by atoms with Crippen LogP contribution in [0.4, 0.5) is 17.1 Å². The van der Waals surface area contributed by atoms with Gasteiger partial charge in [0.05, 0.1) is 23.9 Å². The standard InChI is InChI=1S/C24H27N3O6S2/c1-17-8-9-20(14-18(17)2)26-35(31,32)23-12-10-19(11-13-23)25-24(28)16-27(34(4,29)30)21-6-5-7-22(15-21)33-3/h5-15,26H,16H2,1-4H3,(H,25,28). The number of anilines is 3. The third-order valence-electron chi connectivity index (χ3n) is 5.24. The van der Waals surface area contributed by atoms with Crippen molar-refractivity contribution in [3.8, 4) is 5.75 Å². The van der Waals surface area contributed by atoms with Crippen LogP contribution in [-0.2, 0) is 24.8 Å². The van der Waals surface area contributed by atoms with E-state index in [1.807, 2.05) is 19.9 Å². The maximum Gasteiger partial charge on any atom is 0.261 e. The number of amides is 1. The van der Waals surface area contributed by atoms with Crippen molar-refractivity contribution in [3.05, 3.63) is 77.9 Å². The van der Waals surface area contributed by atoms with Gasteiger partial charge in [-0.3, -0.25) is 13.8 Å². The van der Waals surface area contributed by atoms with E-state index in [9.17, 15) is 21.6 Å². The molecule has 2 N–H and O–H groups in total. The highest BCUT2D eigenvalue weighted by atomic mass is 32.2. The average molecular weight is 518 g/mol. The van der Waals surface area contributed by atoms with E-state index in [1.54, 1.807) is 30.3 Å². The van der Waals surface area contributed by atoms with E-state index in [0.29, 0.717) is 17.1 Å². The maximum absolute atomic E-state index is 12.7. The van der Waals surface area contributed by atoms with Gasteiger partial charge < -0.3 is 10.1 Å². The van der Waals surface area contributed by atoms with Crippen LogP contribution in [-0.4, -0.2) is 42.7 Å². The van der Waals surface area contributed by atoms with Crippen LogP contribution in [0, 0.1) is 13.8 Å². The normalized spacial score (nSPS) is 11.5. The Morgan fingerprint density at radius 1 is 0.886 bits per heavy atom. The van der Waals surface area contributed by atoms with Gasteiger partial charge in [0, 0.05) is 17.4 Å². The van der Waals surface area contributed by atoms with E-state index < -0.39 is 32.5 Å². The second-order valence-electron chi connectivity index (χ2n) is 7.95. The van der Waals surface area contributed by atoms with Crippen LogP contribution < -0.4 is 19.1 Å². The van der Waals surface area contributed by atoms with E-state index in [-0.39, 0.29) is 10.6 Å². The van der Waals surface area contributed by atoms with Gasteiger partial charge in [0.2, 0.25) is 15.9 Å². The molecule has 0 atom stereocenters. The first-order chi connectivity index (χ1) is 16.4. The van der Waals surface area contributed by atoms with Crippen molar-refractivity contribution in [1.82, 2.24) is 0 Å². The summed E-state index contributed by atoms with van der Waals surface area (Å²) in [6.45, 7) is 3.36. The minimum Gasteiger partial charge on any atom is -0.497 e. The van der Waals surface area contributed by atoms with Gasteiger partial charge in [-0.1, -0.05) is 12.1 Å². The Morgan fingerprint density at radius 2 is 1.54 bits per heavy atom. The fourth-order valence-electron chi connectivity index (χ4n) is 3.23. The van der Waals surface area contributed by atoms with Crippen LogP contribution in [0.2, 0.25) is 0 Å². The number of methoxy groups -OCH3 is 1. The monoisotopic (exact) mass is 517 g/mol. The first-order valence-corrected chi connectivity index (χ1v) is 13.8. The zero-order valence-electron chi connectivity index (χ0n) is 19.8. The van der Waals surface area contributed by atoms with Gasteiger partial charge >= 0.3 is 0 Å². The Bertz CT molecular complexity index is 1440. The largest absolute Gasteiger partial charge is 0.497 e. The maximum atomic E-state index is 12.7.